The highest BCUT2D eigenvalue weighted by Crippen LogP contribution is 2.35. The largest absolute Gasteiger partial charge is 0.477 e. The Balaban J connectivity index is 1.69. The summed E-state index contributed by atoms with van der Waals surface area (Å²) in [4.78, 5) is 24.2. The number of rotatable bonds is 7. The van der Waals surface area contributed by atoms with Crippen molar-refractivity contribution in [2.45, 2.75) is 32.2 Å². The molecule has 166 valence electrons. The first-order valence-corrected chi connectivity index (χ1v) is 10.7. The summed E-state index contributed by atoms with van der Waals surface area (Å²) in [6, 6.07) is 10.9. The van der Waals surface area contributed by atoms with E-state index in [-0.39, 0.29) is 30.8 Å². The lowest BCUT2D eigenvalue weighted by molar-refractivity contribution is 0.0673. The number of nitrogens with zero attached hydrogens (tertiary/aromatic N) is 4. The lowest BCUT2D eigenvalue weighted by Crippen LogP contribution is -2.38. The van der Waals surface area contributed by atoms with E-state index in [1.807, 2.05) is 25.1 Å². The first-order chi connectivity index (χ1) is 15.5. The van der Waals surface area contributed by atoms with Gasteiger partial charge in [0, 0.05) is 12.0 Å². The number of benzene rings is 1. The van der Waals surface area contributed by atoms with Gasteiger partial charge in [-0.1, -0.05) is 17.3 Å². The topological polar surface area (TPSA) is 108 Å². The lowest BCUT2D eigenvalue weighted by atomic mass is 9.97. The molecule has 8 heteroatoms. The molecule has 2 fully saturated rings. The van der Waals surface area contributed by atoms with Crippen LogP contribution in [0.5, 0.6) is 5.88 Å². The molecule has 1 saturated heterocycles. The predicted octanol–water partition coefficient (Wildman–Crippen LogP) is 2.93. The molecule has 1 aliphatic heterocycles. The number of carbonyl (C=O) groups is 1. The number of pyridine rings is 1. The fourth-order valence-electron chi connectivity index (χ4n) is 3.92. The van der Waals surface area contributed by atoms with Crippen molar-refractivity contribution in [3.8, 4) is 23.1 Å². The summed E-state index contributed by atoms with van der Waals surface area (Å²) in [5, 5.41) is 23.1. The van der Waals surface area contributed by atoms with E-state index in [1.165, 1.54) is 7.11 Å². The van der Waals surface area contributed by atoms with Crippen LogP contribution in [0.3, 0.4) is 0 Å². The van der Waals surface area contributed by atoms with E-state index in [0.29, 0.717) is 36.1 Å². The van der Waals surface area contributed by atoms with E-state index in [9.17, 15) is 15.2 Å². The third kappa shape index (κ3) is 4.43. The molecule has 1 unspecified atom stereocenters. The molecule has 0 bridgehead atoms. The van der Waals surface area contributed by atoms with E-state index in [0.717, 1.165) is 29.5 Å². The fraction of sp³-hybridized carbons (Fsp3) is 0.417. The molecule has 1 atom stereocenters. The smallest absolute Gasteiger partial charge is 0.273 e. The summed E-state index contributed by atoms with van der Waals surface area (Å²) in [5.74, 6) is 0.600. The van der Waals surface area contributed by atoms with Crippen molar-refractivity contribution in [1.82, 2.24) is 9.88 Å². The molecule has 1 aromatic heterocycles. The maximum atomic E-state index is 13.2. The Kier molecular flexibility index (Phi) is 6.37. The Bertz CT molecular complexity index is 1090. The zero-order chi connectivity index (χ0) is 22.7. The lowest BCUT2D eigenvalue weighted by Gasteiger charge is -2.22. The minimum Gasteiger partial charge on any atom is -0.477 e. The molecule has 1 aromatic carbocycles. The van der Waals surface area contributed by atoms with Crippen LogP contribution in [0.1, 0.15) is 40.9 Å². The molecule has 4 rings (SSSR count). The number of hydrogen-bond donors (Lipinski definition) is 1. The number of ether oxygens (including phenoxy) is 1. The first kappa shape index (κ1) is 21.8. The van der Waals surface area contributed by atoms with E-state index >= 15 is 0 Å². The highest BCUT2D eigenvalue weighted by molar-refractivity contribution is 5.99. The van der Waals surface area contributed by atoms with E-state index in [1.54, 1.807) is 17.0 Å². The van der Waals surface area contributed by atoms with Gasteiger partial charge in [-0.25, -0.2) is 4.98 Å². The average Bonchev–Trinajstić information content (AvgIpc) is 3.55. The molecule has 1 saturated carbocycles. The molecule has 0 spiro atoms. The van der Waals surface area contributed by atoms with E-state index < -0.39 is 0 Å². The Morgan fingerprint density at radius 2 is 2.12 bits per heavy atom. The van der Waals surface area contributed by atoms with Crippen LogP contribution in [-0.4, -0.2) is 59.5 Å². The second-order valence-corrected chi connectivity index (χ2v) is 8.21. The van der Waals surface area contributed by atoms with Crippen LogP contribution in [0, 0.1) is 24.2 Å². The Morgan fingerprint density at radius 1 is 1.31 bits per heavy atom. The minimum atomic E-state index is -0.372. The van der Waals surface area contributed by atoms with Crippen molar-refractivity contribution in [3.63, 3.8) is 0 Å². The van der Waals surface area contributed by atoms with Gasteiger partial charge in [0.05, 0.1) is 43.1 Å². The number of aliphatic hydroxyl groups excluding tert-OH is 1. The number of aliphatic hydroxyl groups is 1. The van der Waals surface area contributed by atoms with Crippen LogP contribution in [0.25, 0.3) is 11.1 Å². The number of hydrogen-bond acceptors (Lipinski definition) is 7. The molecule has 2 aromatic rings. The number of oxime groups is 1. The van der Waals surface area contributed by atoms with Gasteiger partial charge in [-0.3, -0.25) is 4.79 Å². The zero-order valence-corrected chi connectivity index (χ0v) is 18.2. The van der Waals surface area contributed by atoms with E-state index in [2.05, 4.69) is 16.2 Å². The summed E-state index contributed by atoms with van der Waals surface area (Å²) in [6.45, 7) is 2.55. The van der Waals surface area contributed by atoms with Crippen LogP contribution in [0.15, 0.2) is 35.5 Å². The van der Waals surface area contributed by atoms with Gasteiger partial charge in [0.25, 0.3) is 5.91 Å². The van der Waals surface area contributed by atoms with Crippen LogP contribution in [-0.2, 0) is 4.84 Å². The van der Waals surface area contributed by atoms with Gasteiger partial charge in [0.1, 0.15) is 12.8 Å². The fourth-order valence-corrected chi connectivity index (χ4v) is 3.92. The monoisotopic (exact) mass is 434 g/mol. The second kappa shape index (κ2) is 9.37. The maximum Gasteiger partial charge on any atom is 0.273 e. The van der Waals surface area contributed by atoms with Crippen LogP contribution in [0.2, 0.25) is 0 Å². The highest BCUT2D eigenvalue weighted by Gasteiger charge is 2.34. The van der Waals surface area contributed by atoms with Crippen molar-refractivity contribution in [2.24, 2.45) is 11.1 Å². The summed E-state index contributed by atoms with van der Waals surface area (Å²) >= 11 is 0. The van der Waals surface area contributed by atoms with Gasteiger partial charge in [-0.15, -0.1) is 0 Å². The van der Waals surface area contributed by atoms with E-state index in [4.69, 9.17) is 9.57 Å². The van der Waals surface area contributed by atoms with Crippen molar-refractivity contribution >= 4 is 11.6 Å². The van der Waals surface area contributed by atoms with Crippen molar-refractivity contribution in [1.29, 1.82) is 5.26 Å². The van der Waals surface area contributed by atoms with Gasteiger partial charge >= 0.3 is 0 Å². The molecule has 32 heavy (non-hydrogen) atoms. The third-order valence-electron chi connectivity index (χ3n) is 5.93. The number of carbonyl (C=O) groups excluding carboxylic acids is 1. The van der Waals surface area contributed by atoms with Crippen LogP contribution < -0.4 is 4.74 Å². The summed E-state index contributed by atoms with van der Waals surface area (Å²) in [7, 11) is 1.46. The zero-order valence-electron chi connectivity index (χ0n) is 18.2. The molecule has 0 radical (unpaired) electrons. The SMILES string of the molecule is CON=C1CC(CO)N(C(=O)c2ccc(-c3cccc(C#N)c3C)c(OCC3CC3)n2)C1. The van der Waals surface area contributed by atoms with Crippen molar-refractivity contribution < 1.29 is 19.5 Å². The number of likely N-dealkylation sites (tertiary alicyclic amines) is 1. The minimum absolute atomic E-state index is 0.169. The summed E-state index contributed by atoms with van der Waals surface area (Å²) < 4.78 is 6.05. The quantitative estimate of drug-likeness (QED) is 0.672. The molecular formula is C24H26N4O4. The Labute approximate surface area is 187 Å². The normalized spacial score (nSPS) is 19.1. The number of amides is 1. The molecule has 8 nitrogen and oxygen atoms in total. The molecule has 2 aliphatic rings. The van der Waals surface area contributed by atoms with Gasteiger partial charge < -0.3 is 19.6 Å². The maximum absolute atomic E-state index is 13.2. The standard InChI is InChI=1S/C24H26N4O4/c1-15-17(11-25)4-3-5-20(15)21-8-9-22(26-23(21)32-14-16-6-7-16)24(30)28-12-18(27-31-2)10-19(28)13-29/h3-5,8-9,16,19,29H,6-7,10,12-14H2,1-2H3. The van der Waals surface area contributed by atoms with Gasteiger partial charge in [-0.2, -0.15) is 5.26 Å². The molecular weight excluding hydrogens is 408 g/mol. The Morgan fingerprint density at radius 3 is 2.81 bits per heavy atom. The highest BCUT2D eigenvalue weighted by atomic mass is 16.6. The third-order valence-corrected chi connectivity index (χ3v) is 5.93. The number of nitriles is 1. The van der Waals surface area contributed by atoms with Gasteiger partial charge in [-0.05, 0) is 55.0 Å². The molecule has 1 amide bonds. The van der Waals surface area contributed by atoms with Crippen molar-refractivity contribution in [2.75, 3.05) is 26.9 Å². The average molecular weight is 434 g/mol. The molecule has 1 aliphatic carbocycles. The first-order valence-electron chi connectivity index (χ1n) is 10.7. The van der Waals surface area contributed by atoms with Crippen LogP contribution >= 0.6 is 0 Å². The summed E-state index contributed by atoms with van der Waals surface area (Å²) in [6.07, 6.45) is 2.72. The number of aromatic nitrogens is 1. The second-order valence-electron chi connectivity index (χ2n) is 8.21. The molecule has 1 N–H and O–H groups in total. The van der Waals surface area contributed by atoms with Crippen LogP contribution in [0.4, 0.5) is 0 Å². The Hall–Kier alpha value is -3.44. The van der Waals surface area contributed by atoms with Gasteiger partial charge in [0.2, 0.25) is 5.88 Å². The molecule has 2 heterocycles. The predicted molar refractivity (Wildman–Crippen MR) is 118 cm³/mol. The van der Waals surface area contributed by atoms with Gasteiger partial charge in [0.15, 0.2) is 0 Å². The summed E-state index contributed by atoms with van der Waals surface area (Å²) in [5.41, 5.74) is 3.97. The van der Waals surface area contributed by atoms with Crippen molar-refractivity contribution in [3.05, 3.63) is 47.2 Å².